The van der Waals surface area contributed by atoms with E-state index in [1.165, 1.54) is 23.9 Å². The van der Waals surface area contributed by atoms with Crippen LogP contribution in [0.5, 0.6) is 0 Å². The van der Waals surface area contributed by atoms with Gasteiger partial charge in [-0.2, -0.15) is 11.8 Å². The van der Waals surface area contributed by atoms with E-state index in [1.807, 2.05) is 152 Å². The number of amides is 4. The molecule has 0 radical (unpaired) electrons. The smallest absolute Gasteiger partial charge is 0.408 e. The van der Waals surface area contributed by atoms with E-state index in [-0.39, 0.29) is 44.1 Å². The summed E-state index contributed by atoms with van der Waals surface area (Å²) in [5, 5.41) is 11.8. The lowest BCUT2D eigenvalue weighted by molar-refractivity contribution is -0.137. The van der Waals surface area contributed by atoms with Crippen LogP contribution in [-0.2, 0) is 47.2 Å². The standard InChI is InChI=1S/C49H52N4O7S/c1-3-59-45(55)32-30-41(29-31-44(54)53-49(38-23-13-6-14-24-38,39-25-15-7-16-26-39)40-27-17-8-18-28-40)50-46(56)42(33-36-19-9-4-10-20-36)51-47(57)43(35-61-2)52-48(58)60-34-37-21-11-5-12-22-37/h4-28,30,32,41-43H,3,29,31,33-35H2,1-2H3,(H,50,56)(H,51,57)(H,52,58)(H,53,54)/b32-30+/t41-,42-,43-/m0/s1. The van der Waals surface area contributed by atoms with Crippen LogP contribution in [0.25, 0.3) is 0 Å². The minimum absolute atomic E-state index is 0.0177. The van der Waals surface area contributed by atoms with Crippen molar-refractivity contribution in [2.45, 2.75) is 56.5 Å². The molecule has 0 aliphatic rings. The predicted molar refractivity (Wildman–Crippen MR) is 238 cm³/mol. The van der Waals surface area contributed by atoms with Crippen LogP contribution in [0.15, 0.2) is 164 Å². The lowest BCUT2D eigenvalue weighted by atomic mass is 9.77. The minimum Gasteiger partial charge on any atom is -0.463 e. The second-order valence-corrected chi connectivity index (χ2v) is 15.0. The molecular weight excluding hydrogens is 789 g/mol. The van der Waals surface area contributed by atoms with Crippen molar-refractivity contribution >= 4 is 41.5 Å². The molecule has 0 aliphatic heterocycles. The first-order valence-electron chi connectivity index (χ1n) is 20.1. The van der Waals surface area contributed by atoms with Gasteiger partial charge in [-0.1, -0.05) is 158 Å². The van der Waals surface area contributed by atoms with Crippen LogP contribution in [0.4, 0.5) is 4.79 Å². The number of hydrogen-bond donors (Lipinski definition) is 4. The summed E-state index contributed by atoms with van der Waals surface area (Å²) in [7, 11) is 0. The van der Waals surface area contributed by atoms with E-state index in [9.17, 15) is 24.0 Å². The molecule has 0 saturated heterocycles. The molecule has 0 aromatic heterocycles. The second-order valence-electron chi connectivity index (χ2n) is 14.1. The molecule has 0 aliphatic carbocycles. The Kier molecular flexibility index (Phi) is 17.7. The van der Waals surface area contributed by atoms with E-state index in [4.69, 9.17) is 9.47 Å². The zero-order valence-electron chi connectivity index (χ0n) is 34.3. The molecule has 0 heterocycles. The Bertz CT molecular complexity index is 2080. The molecule has 5 aromatic rings. The first-order chi connectivity index (χ1) is 29.7. The SMILES string of the molecule is CCOC(=O)/C=C/[C@H](CCC(=O)NC(c1ccccc1)(c1ccccc1)c1ccccc1)NC(=O)[C@H](Cc1ccccc1)NC(=O)[C@H](CSC)NC(=O)OCc1ccccc1. The molecule has 5 rings (SSSR count). The summed E-state index contributed by atoms with van der Waals surface area (Å²) in [5.41, 5.74) is 3.07. The van der Waals surface area contributed by atoms with Crippen molar-refractivity contribution in [1.29, 1.82) is 0 Å². The van der Waals surface area contributed by atoms with Gasteiger partial charge in [-0.05, 0) is 47.4 Å². The summed E-state index contributed by atoms with van der Waals surface area (Å²) in [6, 6.07) is 44.5. The summed E-state index contributed by atoms with van der Waals surface area (Å²) in [4.78, 5) is 67.6. The van der Waals surface area contributed by atoms with Crippen molar-refractivity contribution in [3.8, 4) is 0 Å². The fourth-order valence-corrected chi connectivity index (χ4v) is 7.38. The van der Waals surface area contributed by atoms with Gasteiger partial charge in [0, 0.05) is 30.7 Å². The van der Waals surface area contributed by atoms with Gasteiger partial charge >= 0.3 is 12.1 Å². The third-order valence-electron chi connectivity index (χ3n) is 9.78. The zero-order chi connectivity index (χ0) is 43.3. The Hall–Kier alpha value is -6.66. The maximum atomic E-state index is 14.3. The summed E-state index contributed by atoms with van der Waals surface area (Å²) in [6.45, 7) is 1.86. The molecule has 3 atom stereocenters. The number of ether oxygens (including phenoxy) is 2. The van der Waals surface area contributed by atoms with Gasteiger partial charge in [0.05, 0.1) is 6.61 Å². The maximum Gasteiger partial charge on any atom is 0.408 e. The van der Waals surface area contributed by atoms with Crippen molar-refractivity contribution in [2.75, 3.05) is 18.6 Å². The van der Waals surface area contributed by atoms with Crippen LogP contribution in [0, 0.1) is 0 Å². The third kappa shape index (κ3) is 13.7. The largest absolute Gasteiger partial charge is 0.463 e. The van der Waals surface area contributed by atoms with E-state index < -0.39 is 47.5 Å². The minimum atomic E-state index is -1.10. The Morgan fingerprint density at radius 2 is 1.11 bits per heavy atom. The highest BCUT2D eigenvalue weighted by molar-refractivity contribution is 7.98. The summed E-state index contributed by atoms with van der Waals surface area (Å²) >= 11 is 1.34. The van der Waals surface area contributed by atoms with Crippen molar-refractivity contribution in [2.24, 2.45) is 0 Å². The topological polar surface area (TPSA) is 152 Å². The Balaban J connectivity index is 1.36. The molecule has 0 fully saturated rings. The van der Waals surface area contributed by atoms with Crippen LogP contribution in [0.2, 0.25) is 0 Å². The average Bonchev–Trinajstić information content (AvgIpc) is 3.29. The highest BCUT2D eigenvalue weighted by Gasteiger charge is 2.38. The number of nitrogens with one attached hydrogen (secondary N) is 4. The Morgan fingerprint density at radius 3 is 1.62 bits per heavy atom. The van der Waals surface area contributed by atoms with Gasteiger partial charge in [-0.25, -0.2) is 9.59 Å². The summed E-state index contributed by atoms with van der Waals surface area (Å²) in [6.07, 6.45) is 3.89. The van der Waals surface area contributed by atoms with E-state index >= 15 is 0 Å². The molecule has 0 unspecified atom stereocenters. The maximum absolute atomic E-state index is 14.3. The van der Waals surface area contributed by atoms with Crippen molar-refractivity contribution < 1.29 is 33.4 Å². The molecular formula is C49H52N4O7S. The van der Waals surface area contributed by atoms with Gasteiger partial charge in [0.2, 0.25) is 17.7 Å². The molecule has 11 nitrogen and oxygen atoms in total. The molecule has 0 bridgehead atoms. The van der Waals surface area contributed by atoms with Gasteiger partial charge in [0.25, 0.3) is 0 Å². The van der Waals surface area contributed by atoms with Crippen molar-refractivity contribution in [3.05, 3.63) is 192 Å². The van der Waals surface area contributed by atoms with Gasteiger partial charge in [-0.15, -0.1) is 0 Å². The molecule has 61 heavy (non-hydrogen) atoms. The number of esters is 1. The molecule has 316 valence electrons. The van der Waals surface area contributed by atoms with Crippen LogP contribution in [0.3, 0.4) is 0 Å². The molecule has 0 saturated carbocycles. The van der Waals surface area contributed by atoms with Crippen LogP contribution in [0.1, 0.15) is 47.6 Å². The summed E-state index contributed by atoms with van der Waals surface area (Å²) in [5.74, 6) is -1.85. The van der Waals surface area contributed by atoms with E-state index in [2.05, 4.69) is 21.3 Å². The summed E-state index contributed by atoms with van der Waals surface area (Å²) < 4.78 is 10.5. The molecule has 4 N–H and O–H groups in total. The number of hydrogen-bond acceptors (Lipinski definition) is 8. The van der Waals surface area contributed by atoms with E-state index in [1.54, 1.807) is 13.2 Å². The highest BCUT2D eigenvalue weighted by Crippen LogP contribution is 2.37. The van der Waals surface area contributed by atoms with Gasteiger partial charge in [0.15, 0.2) is 0 Å². The van der Waals surface area contributed by atoms with E-state index in [0.717, 1.165) is 27.8 Å². The fraction of sp³-hybridized carbons (Fsp3) is 0.245. The first kappa shape index (κ1) is 45.4. The fourth-order valence-electron chi connectivity index (χ4n) is 6.81. The van der Waals surface area contributed by atoms with E-state index in [0.29, 0.717) is 0 Å². The lowest BCUT2D eigenvalue weighted by Crippen LogP contribution is -2.56. The first-order valence-corrected chi connectivity index (χ1v) is 21.5. The molecule has 12 heteroatoms. The van der Waals surface area contributed by atoms with Gasteiger partial charge in [-0.3, -0.25) is 14.4 Å². The predicted octanol–water partition coefficient (Wildman–Crippen LogP) is 6.86. The van der Waals surface area contributed by atoms with Gasteiger partial charge in [0.1, 0.15) is 24.2 Å². The number of alkyl carbamates (subject to hydrolysis) is 1. The lowest BCUT2D eigenvalue weighted by Gasteiger charge is -2.37. The Labute approximate surface area is 361 Å². The number of thioether (sulfide) groups is 1. The molecule has 4 amide bonds. The van der Waals surface area contributed by atoms with Crippen LogP contribution in [-0.4, -0.2) is 66.5 Å². The van der Waals surface area contributed by atoms with Crippen molar-refractivity contribution in [3.63, 3.8) is 0 Å². The molecule has 5 aromatic carbocycles. The molecule has 0 spiro atoms. The van der Waals surface area contributed by atoms with Gasteiger partial charge < -0.3 is 30.7 Å². The van der Waals surface area contributed by atoms with Crippen LogP contribution >= 0.6 is 11.8 Å². The quantitative estimate of drug-likeness (QED) is 0.0356. The normalized spacial score (nSPS) is 12.6. The third-order valence-corrected chi connectivity index (χ3v) is 10.4. The Morgan fingerprint density at radius 1 is 0.623 bits per heavy atom. The number of carbonyl (C=O) groups excluding carboxylic acids is 5. The van der Waals surface area contributed by atoms with Crippen molar-refractivity contribution in [1.82, 2.24) is 21.3 Å². The second kappa shape index (κ2) is 23.8. The average molecular weight is 841 g/mol. The number of benzene rings is 5. The number of carbonyl (C=O) groups is 5. The monoisotopic (exact) mass is 840 g/mol. The van der Waals surface area contributed by atoms with Crippen LogP contribution < -0.4 is 21.3 Å². The highest BCUT2D eigenvalue weighted by atomic mass is 32.2. The zero-order valence-corrected chi connectivity index (χ0v) is 35.1. The number of rotatable bonds is 21.